The number of hydrogen-bond donors (Lipinski definition) is 1. The van der Waals surface area contributed by atoms with Gasteiger partial charge in [-0.1, -0.05) is 38.3 Å². The Morgan fingerprint density at radius 1 is 1.42 bits per heavy atom. The van der Waals surface area contributed by atoms with Crippen LogP contribution in [0.2, 0.25) is 4.34 Å². The van der Waals surface area contributed by atoms with Gasteiger partial charge in [0.15, 0.2) is 0 Å². The van der Waals surface area contributed by atoms with Crippen LogP contribution in [0.15, 0.2) is 12.1 Å². The Morgan fingerprint density at radius 2 is 2.21 bits per heavy atom. The van der Waals surface area contributed by atoms with Crippen LogP contribution in [0.5, 0.6) is 0 Å². The van der Waals surface area contributed by atoms with Gasteiger partial charge in [0.2, 0.25) is 0 Å². The molecule has 1 aromatic heterocycles. The van der Waals surface area contributed by atoms with Crippen molar-refractivity contribution in [2.45, 2.75) is 51.6 Å². The Hall–Kier alpha value is -1.11. The molecular weight excluding hydrogens is 346 g/mol. The number of amides is 3. The highest BCUT2D eigenvalue weighted by Gasteiger charge is 2.54. The first-order valence-corrected chi connectivity index (χ1v) is 9.76. The first kappa shape index (κ1) is 17.7. The molecule has 2 heterocycles. The lowest BCUT2D eigenvalue weighted by atomic mass is 9.73. The van der Waals surface area contributed by atoms with Crippen molar-refractivity contribution in [3.05, 3.63) is 21.3 Å². The largest absolute Gasteiger partial charge is 0.326 e. The predicted molar refractivity (Wildman–Crippen MR) is 96.0 cm³/mol. The molecular formula is C17H24ClN3O2S. The highest BCUT2D eigenvalue weighted by molar-refractivity contribution is 7.16. The number of imide groups is 1. The van der Waals surface area contributed by atoms with Crippen molar-refractivity contribution in [1.29, 1.82) is 0 Å². The van der Waals surface area contributed by atoms with E-state index in [0.717, 1.165) is 41.4 Å². The number of hydrogen-bond acceptors (Lipinski definition) is 4. The Bertz CT molecular complexity index is 635. The summed E-state index contributed by atoms with van der Waals surface area (Å²) in [6.45, 7) is 5.88. The van der Waals surface area contributed by atoms with Crippen LogP contribution in [0.1, 0.15) is 44.4 Å². The van der Waals surface area contributed by atoms with Crippen LogP contribution in [-0.4, -0.2) is 40.5 Å². The van der Waals surface area contributed by atoms with Crippen LogP contribution in [0.3, 0.4) is 0 Å². The van der Waals surface area contributed by atoms with E-state index in [1.807, 2.05) is 19.1 Å². The Balaban J connectivity index is 1.71. The molecule has 132 valence electrons. The summed E-state index contributed by atoms with van der Waals surface area (Å²) in [6.07, 6.45) is 3.87. The van der Waals surface area contributed by atoms with Gasteiger partial charge in [0.1, 0.15) is 5.54 Å². The second-order valence-corrected chi connectivity index (χ2v) is 8.57. The zero-order chi connectivity index (χ0) is 17.3. The van der Waals surface area contributed by atoms with Gasteiger partial charge in [0.05, 0.1) is 11.0 Å². The molecule has 1 N–H and O–H groups in total. The Kier molecular flexibility index (Phi) is 5.18. The highest BCUT2D eigenvalue weighted by Crippen LogP contribution is 2.38. The van der Waals surface area contributed by atoms with Crippen LogP contribution in [0.4, 0.5) is 4.79 Å². The summed E-state index contributed by atoms with van der Waals surface area (Å²) in [5.74, 6) is 0.140. The Morgan fingerprint density at radius 3 is 2.83 bits per heavy atom. The number of thiophene rings is 1. The molecule has 1 aromatic rings. The maximum absolute atomic E-state index is 13.0. The molecule has 1 spiro atoms. The molecule has 3 rings (SSSR count). The Labute approximate surface area is 152 Å². The molecule has 1 saturated carbocycles. The molecule has 1 aliphatic carbocycles. The number of halogens is 1. The summed E-state index contributed by atoms with van der Waals surface area (Å²) in [4.78, 5) is 30.1. The fourth-order valence-electron chi connectivity index (χ4n) is 3.74. The molecule has 1 saturated heterocycles. The lowest BCUT2D eigenvalue weighted by Gasteiger charge is -2.37. The third-order valence-corrected chi connectivity index (χ3v) is 6.51. The van der Waals surface area contributed by atoms with Gasteiger partial charge in [0.25, 0.3) is 5.91 Å². The molecule has 0 bridgehead atoms. The molecule has 3 amide bonds. The molecule has 5 nitrogen and oxygen atoms in total. The smallest absolute Gasteiger partial charge is 0.323 e. The molecule has 2 fully saturated rings. The fraction of sp³-hybridized carbons (Fsp3) is 0.647. The van der Waals surface area contributed by atoms with Gasteiger partial charge in [-0.2, -0.15) is 0 Å². The summed E-state index contributed by atoms with van der Waals surface area (Å²) in [7, 11) is 0. The molecule has 7 heteroatoms. The third kappa shape index (κ3) is 3.19. The number of nitrogens with one attached hydrogen (secondary N) is 1. The van der Waals surface area contributed by atoms with E-state index >= 15 is 0 Å². The zero-order valence-electron chi connectivity index (χ0n) is 14.2. The van der Waals surface area contributed by atoms with Crippen LogP contribution >= 0.6 is 22.9 Å². The normalized spacial score (nSPS) is 27.3. The van der Waals surface area contributed by atoms with Crippen molar-refractivity contribution in [1.82, 2.24) is 15.1 Å². The van der Waals surface area contributed by atoms with E-state index in [2.05, 4.69) is 17.1 Å². The number of nitrogens with zero attached hydrogens (tertiary/aromatic N) is 2. The van der Waals surface area contributed by atoms with Gasteiger partial charge < -0.3 is 5.32 Å². The van der Waals surface area contributed by atoms with E-state index in [9.17, 15) is 9.59 Å². The minimum atomic E-state index is -0.680. The molecule has 2 unspecified atom stereocenters. The van der Waals surface area contributed by atoms with Crippen molar-refractivity contribution in [2.75, 3.05) is 13.2 Å². The zero-order valence-corrected chi connectivity index (χ0v) is 15.8. The van der Waals surface area contributed by atoms with E-state index in [-0.39, 0.29) is 17.9 Å². The molecule has 1 aliphatic heterocycles. The number of carbonyl (C=O) groups excluding carboxylic acids is 2. The standard InChI is InChI=1S/C17H24ClN3O2S/c1-3-20(10-13-7-8-14(18)24-13)11-21-15(22)17(19-16(21)23)9-5-4-6-12(17)2/h7-8,12H,3-6,9-11H2,1-2H3,(H,19,23). The molecule has 2 aliphatic rings. The first-order valence-electron chi connectivity index (χ1n) is 8.57. The van der Waals surface area contributed by atoms with Gasteiger partial charge in [-0.3, -0.25) is 9.69 Å². The predicted octanol–water partition coefficient (Wildman–Crippen LogP) is 3.68. The lowest BCUT2D eigenvalue weighted by molar-refractivity contribution is -0.135. The molecule has 0 aromatic carbocycles. The van der Waals surface area contributed by atoms with Crippen LogP contribution in [0.25, 0.3) is 0 Å². The first-order chi connectivity index (χ1) is 11.5. The maximum atomic E-state index is 13.0. The summed E-state index contributed by atoms with van der Waals surface area (Å²) in [5.41, 5.74) is -0.680. The van der Waals surface area contributed by atoms with Gasteiger partial charge in [-0.15, -0.1) is 11.3 Å². The summed E-state index contributed by atoms with van der Waals surface area (Å²) >= 11 is 7.52. The average Bonchev–Trinajstić information content (AvgIpc) is 3.06. The van der Waals surface area contributed by atoms with E-state index in [1.54, 1.807) is 0 Å². The summed E-state index contributed by atoms with van der Waals surface area (Å²) in [5, 5.41) is 3.01. The quantitative estimate of drug-likeness (QED) is 0.805. The van der Waals surface area contributed by atoms with Gasteiger partial charge in [0, 0.05) is 11.4 Å². The van der Waals surface area contributed by atoms with Crippen LogP contribution < -0.4 is 5.32 Å². The van der Waals surface area contributed by atoms with Gasteiger partial charge in [-0.25, -0.2) is 9.69 Å². The molecule has 0 radical (unpaired) electrons. The lowest BCUT2D eigenvalue weighted by Crippen LogP contribution is -2.54. The maximum Gasteiger partial charge on any atom is 0.326 e. The minimum absolute atomic E-state index is 0.0534. The van der Waals surface area contributed by atoms with Gasteiger partial charge in [-0.05, 0) is 37.4 Å². The van der Waals surface area contributed by atoms with Crippen LogP contribution in [0, 0.1) is 5.92 Å². The van der Waals surface area contributed by atoms with Crippen molar-refractivity contribution < 1.29 is 9.59 Å². The van der Waals surface area contributed by atoms with E-state index in [0.29, 0.717) is 13.2 Å². The fourth-order valence-corrected chi connectivity index (χ4v) is 4.87. The minimum Gasteiger partial charge on any atom is -0.323 e. The monoisotopic (exact) mass is 369 g/mol. The summed E-state index contributed by atoms with van der Waals surface area (Å²) < 4.78 is 0.756. The molecule has 2 atom stereocenters. The topological polar surface area (TPSA) is 52.6 Å². The SMILES string of the molecule is CCN(Cc1ccc(Cl)s1)CN1C(=O)NC2(CCCCC2C)C1=O. The number of urea groups is 1. The second kappa shape index (κ2) is 7.02. The van der Waals surface area contributed by atoms with Crippen molar-refractivity contribution in [3.8, 4) is 0 Å². The molecule has 24 heavy (non-hydrogen) atoms. The van der Waals surface area contributed by atoms with Crippen LogP contribution in [-0.2, 0) is 11.3 Å². The number of carbonyl (C=O) groups is 2. The van der Waals surface area contributed by atoms with E-state index in [1.165, 1.54) is 16.2 Å². The van der Waals surface area contributed by atoms with Crippen molar-refractivity contribution in [3.63, 3.8) is 0 Å². The summed E-state index contributed by atoms with van der Waals surface area (Å²) in [6, 6.07) is 3.62. The second-order valence-electron chi connectivity index (χ2n) is 6.77. The van der Waals surface area contributed by atoms with E-state index < -0.39 is 5.54 Å². The highest BCUT2D eigenvalue weighted by atomic mass is 35.5. The van der Waals surface area contributed by atoms with Crippen molar-refractivity contribution >= 4 is 34.9 Å². The third-order valence-electron chi connectivity index (χ3n) is 5.30. The van der Waals surface area contributed by atoms with Gasteiger partial charge >= 0.3 is 6.03 Å². The average molecular weight is 370 g/mol. The van der Waals surface area contributed by atoms with Crippen molar-refractivity contribution in [2.24, 2.45) is 5.92 Å². The van der Waals surface area contributed by atoms with E-state index in [4.69, 9.17) is 11.6 Å². The number of rotatable bonds is 5.